The van der Waals surface area contributed by atoms with E-state index < -0.39 is 30.2 Å². The third-order valence-corrected chi connectivity index (χ3v) is 4.83. The first kappa shape index (κ1) is 22.6. The van der Waals surface area contributed by atoms with Crippen LogP contribution in [0.2, 0.25) is 0 Å². The molecule has 0 amide bonds. The molecule has 8 nitrogen and oxygen atoms in total. The SMILES string of the molecule is C=N/C(Cn1nc(C(F)(F)F)c2c1OCCC2)=N\OCc1cc(C(F)(F)F)cn2ccnc12. The number of halogens is 6. The monoisotopic (exact) mass is 474 g/mol. The molecular weight excluding hydrogens is 458 g/mol. The molecule has 0 fully saturated rings. The molecule has 4 rings (SSSR count). The van der Waals surface area contributed by atoms with Gasteiger partial charge in [-0.05, 0) is 25.6 Å². The summed E-state index contributed by atoms with van der Waals surface area (Å²) in [5, 5.41) is 7.30. The first-order valence-electron chi connectivity index (χ1n) is 9.56. The van der Waals surface area contributed by atoms with Gasteiger partial charge in [-0.25, -0.2) is 14.7 Å². The number of nitrogens with zero attached hydrogens (tertiary/aromatic N) is 6. The van der Waals surface area contributed by atoms with Gasteiger partial charge in [-0.3, -0.25) is 0 Å². The molecule has 0 saturated carbocycles. The van der Waals surface area contributed by atoms with Crippen LogP contribution in [0.1, 0.15) is 28.8 Å². The Balaban J connectivity index is 1.56. The highest BCUT2D eigenvalue weighted by atomic mass is 19.4. The maximum atomic E-state index is 13.3. The molecule has 4 heterocycles. The van der Waals surface area contributed by atoms with Crippen molar-refractivity contribution < 1.29 is 35.9 Å². The molecule has 3 aromatic heterocycles. The van der Waals surface area contributed by atoms with E-state index in [1.807, 2.05) is 0 Å². The Morgan fingerprint density at radius 1 is 1.21 bits per heavy atom. The molecule has 176 valence electrons. The van der Waals surface area contributed by atoms with Crippen molar-refractivity contribution in [1.82, 2.24) is 19.2 Å². The Hall–Kier alpha value is -3.58. The number of rotatable bonds is 5. The molecule has 1 aliphatic rings. The molecule has 33 heavy (non-hydrogen) atoms. The van der Waals surface area contributed by atoms with Crippen LogP contribution in [0, 0.1) is 0 Å². The minimum absolute atomic E-state index is 0.0399. The van der Waals surface area contributed by atoms with Gasteiger partial charge in [-0.1, -0.05) is 5.16 Å². The van der Waals surface area contributed by atoms with Gasteiger partial charge in [0.1, 0.15) is 18.8 Å². The first-order valence-corrected chi connectivity index (χ1v) is 9.56. The third-order valence-electron chi connectivity index (χ3n) is 4.83. The molecule has 0 spiro atoms. The molecule has 0 atom stereocenters. The predicted molar refractivity (Wildman–Crippen MR) is 103 cm³/mol. The molecule has 3 aromatic rings. The van der Waals surface area contributed by atoms with Crippen LogP contribution in [0.3, 0.4) is 0 Å². The number of aromatic nitrogens is 4. The van der Waals surface area contributed by atoms with E-state index in [2.05, 4.69) is 26.9 Å². The minimum atomic E-state index is -4.66. The summed E-state index contributed by atoms with van der Waals surface area (Å²) in [6.45, 7) is 2.80. The maximum absolute atomic E-state index is 13.3. The highest BCUT2D eigenvalue weighted by Crippen LogP contribution is 2.38. The van der Waals surface area contributed by atoms with Crippen molar-refractivity contribution >= 4 is 18.2 Å². The fourth-order valence-electron chi connectivity index (χ4n) is 3.41. The third kappa shape index (κ3) is 4.64. The molecule has 14 heteroatoms. The van der Waals surface area contributed by atoms with Crippen LogP contribution in [0.5, 0.6) is 5.88 Å². The number of ether oxygens (including phenoxy) is 1. The lowest BCUT2D eigenvalue weighted by molar-refractivity contribution is -0.142. The number of hydrogen-bond donors (Lipinski definition) is 0. The van der Waals surface area contributed by atoms with Crippen molar-refractivity contribution in [2.24, 2.45) is 10.1 Å². The molecule has 1 aliphatic heterocycles. The second-order valence-corrected chi connectivity index (χ2v) is 7.09. The lowest BCUT2D eigenvalue weighted by Crippen LogP contribution is -2.15. The van der Waals surface area contributed by atoms with Crippen molar-refractivity contribution in [2.75, 3.05) is 6.61 Å². The van der Waals surface area contributed by atoms with Gasteiger partial charge in [0.05, 0.1) is 12.2 Å². The fraction of sp³-hybridized carbons (Fsp3) is 0.368. The lowest BCUT2D eigenvalue weighted by Gasteiger charge is -2.15. The van der Waals surface area contributed by atoms with E-state index in [1.54, 1.807) is 0 Å². The Morgan fingerprint density at radius 2 is 2.00 bits per heavy atom. The van der Waals surface area contributed by atoms with Gasteiger partial charge in [-0.2, -0.15) is 31.4 Å². The standard InChI is InChI=1S/C19H16F6N6O2/c1-26-14(9-31-17-13(3-2-6-32-17)15(28-31)19(23,24)25)29-33-10-11-7-12(18(20,21)22)8-30-5-4-27-16(11)30/h4-5,7-8H,1-3,6,9-10H2/b29-14-. The quantitative estimate of drug-likeness (QED) is 0.241. The highest BCUT2D eigenvalue weighted by Gasteiger charge is 2.40. The average molecular weight is 474 g/mol. The highest BCUT2D eigenvalue weighted by molar-refractivity contribution is 5.85. The average Bonchev–Trinajstić information content (AvgIpc) is 3.37. The zero-order valence-corrected chi connectivity index (χ0v) is 16.8. The molecule has 0 N–H and O–H groups in total. The van der Waals surface area contributed by atoms with E-state index in [4.69, 9.17) is 9.57 Å². The number of aliphatic imine (C=N–C) groups is 1. The Morgan fingerprint density at radius 3 is 2.70 bits per heavy atom. The molecule has 0 bridgehead atoms. The second-order valence-electron chi connectivity index (χ2n) is 7.09. The molecule has 0 radical (unpaired) electrons. The number of hydrogen-bond acceptors (Lipinski definition) is 5. The number of alkyl halides is 6. The zero-order chi connectivity index (χ0) is 23.8. The molecule has 0 unspecified atom stereocenters. The van der Waals surface area contributed by atoms with Crippen LogP contribution in [0.15, 0.2) is 34.8 Å². The topological polar surface area (TPSA) is 78.3 Å². The Labute approximate surface area is 182 Å². The van der Waals surface area contributed by atoms with Gasteiger partial charge in [0.25, 0.3) is 0 Å². The van der Waals surface area contributed by atoms with Crippen LogP contribution in [-0.2, 0) is 36.8 Å². The van der Waals surface area contributed by atoms with Gasteiger partial charge < -0.3 is 14.0 Å². The Bertz CT molecular complexity index is 1210. The fourth-order valence-corrected chi connectivity index (χ4v) is 3.41. The predicted octanol–water partition coefficient (Wildman–Crippen LogP) is 4.12. The normalized spacial score (nSPS) is 14.8. The van der Waals surface area contributed by atoms with Crippen molar-refractivity contribution in [2.45, 2.75) is 38.3 Å². The first-order chi connectivity index (χ1) is 15.6. The van der Waals surface area contributed by atoms with Crippen molar-refractivity contribution in [3.05, 3.63) is 47.0 Å². The summed E-state index contributed by atoms with van der Waals surface area (Å²) in [6.07, 6.45) is -5.09. The number of imidazole rings is 1. The zero-order valence-electron chi connectivity index (χ0n) is 16.8. The molecule has 0 saturated heterocycles. The van der Waals surface area contributed by atoms with Gasteiger partial charge >= 0.3 is 12.4 Å². The van der Waals surface area contributed by atoms with Crippen molar-refractivity contribution in [1.29, 1.82) is 0 Å². The van der Waals surface area contributed by atoms with Gasteiger partial charge in [0.15, 0.2) is 11.5 Å². The summed E-state index contributed by atoms with van der Waals surface area (Å²) in [7, 11) is 0. The summed E-state index contributed by atoms with van der Waals surface area (Å²) < 4.78 is 86.9. The van der Waals surface area contributed by atoms with E-state index in [1.165, 1.54) is 16.8 Å². The van der Waals surface area contributed by atoms with Crippen LogP contribution in [0.4, 0.5) is 26.3 Å². The van der Waals surface area contributed by atoms with Crippen LogP contribution >= 0.6 is 0 Å². The van der Waals surface area contributed by atoms with Gasteiger partial charge in [-0.15, -0.1) is 0 Å². The smallest absolute Gasteiger partial charge is 0.435 e. The van der Waals surface area contributed by atoms with E-state index in [-0.39, 0.29) is 48.1 Å². The summed E-state index contributed by atoms with van der Waals surface area (Å²) in [6, 6.07) is 0.881. The van der Waals surface area contributed by atoms with Crippen LogP contribution in [-0.4, -0.2) is 38.3 Å². The van der Waals surface area contributed by atoms with E-state index >= 15 is 0 Å². The number of pyridine rings is 1. The molecule has 0 aromatic carbocycles. The largest absolute Gasteiger partial charge is 0.478 e. The van der Waals surface area contributed by atoms with Gasteiger partial charge in [0, 0.05) is 29.7 Å². The van der Waals surface area contributed by atoms with Crippen LogP contribution < -0.4 is 4.74 Å². The minimum Gasteiger partial charge on any atom is -0.478 e. The summed E-state index contributed by atoms with van der Waals surface area (Å²) in [5.41, 5.74) is -1.68. The van der Waals surface area contributed by atoms with E-state index in [0.29, 0.717) is 6.42 Å². The molecular formula is C19H16F6N6O2. The second kappa shape index (κ2) is 8.41. The van der Waals surface area contributed by atoms with E-state index in [0.717, 1.165) is 16.9 Å². The summed E-state index contributed by atoms with van der Waals surface area (Å²) >= 11 is 0. The number of oxime groups is 1. The summed E-state index contributed by atoms with van der Waals surface area (Å²) in [5.74, 6) is -0.184. The lowest BCUT2D eigenvalue weighted by atomic mass is 10.1. The van der Waals surface area contributed by atoms with Crippen molar-refractivity contribution in [3.8, 4) is 5.88 Å². The number of fused-ring (bicyclic) bond motifs is 2. The molecule has 0 aliphatic carbocycles. The van der Waals surface area contributed by atoms with Crippen LogP contribution in [0.25, 0.3) is 5.65 Å². The number of amidine groups is 1. The maximum Gasteiger partial charge on any atom is 0.435 e. The Kier molecular flexibility index (Phi) is 5.76. The van der Waals surface area contributed by atoms with Gasteiger partial charge in [0.2, 0.25) is 5.88 Å². The van der Waals surface area contributed by atoms with E-state index in [9.17, 15) is 26.3 Å². The van der Waals surface area contributed by atoms with Crippen molar-refractivity contribution in [3.63, 3.8) is 0 Å². The summed E-state index contributed by atoms with van der Waals surface area (Å²) in [4.78, 5) is 12.8.